The highest BCUT2D eigenvalue weighted by atomic mass is 16.5. The van der Waals surface area contributed by atoms with Crippen LogP contribution in [-0.2, 0) is 9.53 Å². The van der Waals surface area contributed by atoms with E-state index in [0.29, 0.717) is 0 Å². The number of hydrogen-bond donors (Lipinski definition) is 0. The topological polar surface area (TPSA) is 26.3 Å². The van der Waals surface area contributed by atoms with Crippen LogP contribution in [0.5, 0.6) is 0 Å². The van der Waals surface area contributed by atoms with Gasteiger partial charge in [-0.1, -0.05) is 65.7 Å². The summed E-state index contributed by atoms with van der Waals surface area (Å²) in [6.45, 7) is 6.53. The van der Waals surface area contributed by atoms with Crippen molar-refractivity contribution < 1.29 is 9.53 Å². The molecule has 0 amide bonds. The first-order chi connectivity index (χ1) is 8.11. The van der Waals surface area contributed by atoms with E-state index < -0.39 is 0 Å². The van der Waals surface area contributed by atoms with Crippen LogP contribution in [0.1, 0.15) is 72.1 Å². The van der Waals surface area contributed by atoms with Gasteiger partial charge in [-0.05, 0) is 12.3 Å². The van der Waals surface area contributed by atoms with Crippen molar-refractivity contribution in [3.8, 4) is 0 Å². The first-order valence-corrected chi connectivity index (χ1v) is 7.19. The molecule has 0 saturated carbocycles. The van der Waals surface area contributed by atoms with Crippen molar-refractivity contribution in [3.63, 3.8) is 0 Å². The number of unbranched alkanes of at least 4 members (excludes halogenated alkanes) is 3. The van der Waals surface area contributed by atoms with Crippen LogP contribution in [0.4, 0.5) is 0 Å². The summed E-state index contributed by atoms with van der Waals surface area (Å²) in [6.07, 6.45) is 10.1. The van der Waals surface area contributed by atoms with E-state index in [-0.39, 0.29) is 11.9 Å². The van der Waals surface area contributed by atoms with Crippen molar-refractivity contribution in [2.24, 2.45) is 11.8 Å². The number of hydrogen-bond acceptors (Lipinski definition) is 2. The number of rotatable bonds is 10. The van der Waals surface area contributed by atoms with E-state index in [0.717, 1.165) is 18.8 Å². The number of esters is 1. The highest BCUT2D eigenvalue weighted by molar-refractivity contribution is 5.71. The molecule has 17 heavy (non-hydrogen) atoms. The SMILES string of the molecule is CCCCCC[C@H](C)CCC[C@@H](C)C(=O)OC. The minimum absolute atomic E-state index is 0.0623. The van der Waals surface area contributed by atoms with Gasteiger partial charge in [0, 0.05) is 0 Å². The van der Waals surface area contributed by atoms with Gasteiger partial charge in [0.25, 0.3) is 0 Å². The highest BCUT2D eigenvalue weighted by Crippen LogP contribution is 2.18. The molecule has 0 aliphatic rings. The maximum Gasteiger partial charge on any atom is 0.308 e. The fourth-order valence-corrected chi connectivity index (χ4v) is 2.16. The average molecular weight is 242 g/mol. The largest absolute Gasteiger partial charge is 0.469 e. The molecule has 0 rings (SSSR count). The summed E-state index contributed by atoms with van der Waals surface area (Å²) >= 11 is 0. The van der Waals surface area contributed by atoms with Crippen molar-refractivity contribution in [1.29, 1.82) is 0 Å². The minimum atomic E-state index is -0.0689. The molecule has 0 N–H and O–H groups in total. The molecular formula is C15H30O2. The zero-order valence-corrected chi connectivity index (χ0v) is 12.1. The van der Waals surface area contributed by atoms with Crippen LogP contribution in [0.25, 0.3) is 0 Å². The van der Waals surface area contributed by atoms with E-state index in [4.69, 9.17) is 4.74 Å². The van der Waals surface area contributed by atoms with Crippen molar-refractivity contribution in [2.45, 2.75) is 72.1 Å². The van der Waals surface area contributed by atoms with Gasteiger partial charge in [-0.25, -0.2) is 0 Å². The van der Waals surface area contributed by atoms with Crippen LogP contribution in [0.3, 0.4) is 0 Å². The van der Waals surface area contributed by atoms with E-state index >= 15 is 0 Å². The van der Waals surface area contributed by atoms with Crippen LogP contribution < -0.4 is 0 Å². The van der Waals surface area contributed by atoms with Crippen molar-refractivity contribution in [2.75, 3.05) is 7.11 Å². The van der Waals surface area contributed by atoms with Crippen molar-refractivity contribution in [3.05, 3.63) is 0 Å². The Balaban J connectivity index is 3.44. The molecule has 0 aromatic rings. The van der Waals surface area contributed by atoms with E-state index in [9.17, 15) is 4.79 Å². The summed E-state index contributed by atoms with van der Waals surface area (Å²) in [4.78, 5) is 11.2. The van der Waals surface area contributed by atoms with Crippen LogP contribution in [0.15, 0.2) is 0 Å². The van der Waals surface area contributed by atoms with Gasteiger partial charge in [-0.15, -0.1) is 0 Å². The molecule has 0 bridgehead atoms. The second-order valence-electron chi connectivity index (χ2n) is 5.31. The molecule has 0 radical (unpaired) electrons. The molecule has 102 valence electrons. The van der Waals surface area contributed by atoms with Gasteiger partial charge in [0.15, 0.2) is 0 Å². The first kappa shape index (κ1) is 16.5. The van der Waals surface area contributed by atoms with Gasteiger partial charge in [-0.2, -0.15) is 0 Å². The average Bonchev–Trinajstić information content (AvgIpc) is 2.33. The van der Waals surface area contributed by atoms with Crippen LogP contribution in [0.2, 0.25) is 0 Å². The van der Waals surface area contributed by atoms with Gasteiger partial charge in [-0.3, -0.25) is 4.79 Å². The van der Waals surface area contributed by atoms with E-state index in [1.807, 2.05) is 6.92 Å². The molecule has 2 nitrogen and oxygen atoms in total. The summed E-state index contributed by atoms with van der Waals surface area (Å²) in [7, 11) is 1.47. The Morgan fingerprint density at radius 1 is 1.00 bits per heavy atom. The number of methoxy groups -OCH3 is 1. The summed E-state index contributed by atoms with van der Waals surface area (Å²) in [5.74, 6) is 0.796. The lowest BCUT2D eigenvalue weighted by Gasteiger charge is -2.13. The lowest BCUT2D eigenvalue weighted by molar-refractivity contribution is -0.145. The molecule has 0 aromatic carbocycles. The Labute approximate surface area is 107 Å². The third kappa shape index (κ3) is 9.20. The zero-order chi connectivity index (χ0) is 13.1. The molecule has 0 unspecified atom stereocenters. The van der Waals surface area contributed by atoms with Crippen LogP contribution in [-0.4, -0.2) is 13.1 Å². The van der Waals surface area contributed by atoms with Crippen molar-refractivity contribution in [1.82, 2.24) is 0 Å². The quantitative estimate of drug-likeness (QED) is 0.414. The Morgan fingerprint density at radius 3 is 2.24 bits per heavy atom. The Hall–Kier alpha value is -0.530. The molecule has 0 spiro atoms. The molecule has 0 aromatic heterocycles. The van der Waals surface area contributed by atoms with E-state index in [2.05, 4.69) is 13.8 Å². The normalized spacial score (nSPS) is 14.4. The van der Waals surface area contributed by atoms with Gasteiger partial charge in [0.1, 0.15) is 0 Å². The van der Waals surface area contributed by atoms with E-state index in [1.165, 1.54) is 45.6 Å². The monoisotopic (exact) mass is 242 g/mol. The molecule has 2 heteroatoms. The predicted molar refractivity (Wildman–Crippen MR) is 73.0 cm³/mol. The van der Waals surface area contributed by atoms with Gasteiger partial charge >= 0.3 is 5.97 Å². The van der Waals surface area contributed by atoms with Gasteiger partial charge in [0.2, 0.25) is 0 Å². The zero-order valence-electron chi connectivity index (χ0n) is 12.1. The summed E-state index contributed by atoms with van der Waals surface area (Å²) < 4.78 is 4.72. The van der Waals surface area contributed by atoms with Gasteiger partial charge in [0.05, 0.1) is 13.0 Å². The molecule has 0 fully saturated rings. The molecule has 0 aliphatic carbocycles. The number of carbonyl (C=O) groups excluding carboxylic acids is 1. The molecule has 0 aliphatic heterocycles. The lowest BCUT2D eigenvalue weighted by Crippen LogP contribution is -2.12. The molecule has 0 heterocycles. The predicted octanol–water partition coefficient (Wildman–Crippen LogP) is 4.57. The molecule has 2 atom stereocenters. The molecule has 0 saturated heterocycles. The molecular weight excluding hydrogens is 212 g/mol. The summed E-state index contributed by atoms with van der Waals surface area (Å²) in [6, 6.07) is 0. The van der Waals surface area contributed by atoms with Crippen molar-refractivity contribution >= 4 is 5.97 Å². The Bertz CT molecular complexity index is 189. The van der Waals surface area contributed by atoms with E-state index in [1.54, 1.807) is 0 Å². The van der Waals surface area contributed by atoms with Crippen LogP contribution >= 0.6 is 0 Å². The third-order valence-corrected chi connectivity index (χ3v) is 3.49. The third-order valence-electron chi connectivity index (χ3n) is 3.49. The summed E-state index contributed by atoms with van der Waals surface area (Å²) in [5, 5.41) is 0. The maximum absolute atomic E-state index is 11.2. The smallest absolute Gasteiger partial charge is 0.308 e. The number of ether oxygens (including phenoxy) is 1. The second-order valence-corrected chi connectivity index (χ2v) is 5.31. The fraction of sp³-hybridized carbons (Fsp3) is 0.933. The highest BCUT2D eigenvalue weighted by Gasteiger charge is 2.12. The van der Waals surface area contributed by atoms with Gasteiger partial charge < -0.3 is 4.74 Å². The fourth-order valence-electron chi connectivity index (χ4n) is 2.16. The lowest BCUT2D eigenvalue weighted by atomic mass is 9.94. The second kappa shape index (κ2) is 10.6. The summed E-state index contributed by atoms with van der Waals surface area (Å²) in [5.41, 5.74) is 0. The standard InChI is InChI=1S/C15H30O2/c1-5-6-7-8-10-13(2)11-9-12-14(3)15(16)17-4/h13-14H,5-12H2,1-4H3/t13-,14+/m0/s1. The minimum Gasteiger partial charge on any atom is -0.469 e. The maximum atomic E-state index is 11.2. The Morgan fingerprint density at radius 2 is 1.65 bits per heavy atom. The number of carbonyl (C=O) groups is 1. The Kier molecular flexibility index (Phi) is 10.3. The van der Waals surface area contributed by atoms with Crippen LogP contribution in [0, 0.1) is 11.8 Å². The first-order valence-electron chi connectivity index (χ1n) is 7.19.